The van der Waals surface area contributed by atoms with Crippen molar-refractivity contribution in [2.24, 2.45) is 0 Å². The normalized spacial score (nSPS) is 13.9. The lowest BCUT2D eigenvalue weighted by Gasteiger charge is -2.21. The molecule has 0 aromatic carbocycles. The highest BCUT2D eigenvalue weighted by Crippen LogP contribution is 2.07. The highest BCUT2D eigenvalue weighted by atomic mass is 16.5. The molecule has 1 N–H and O–H groups in total. The summed E-state index contributed by atoms with van der Waals surface area (Å²) in [5, 5.41) is 11.3. The van der Waals surface area contributed by atoms with Crippen LogP contribution in [0.25, 0.3) is 0 Å². The summed E-state index contributed by atoms with van der Waals surface area (Å²) < 4.78 is 0. The van der Waals surface area contributed by atoms with E-state index in [1.807, 2.05) is 0 Å². The zero-order valence-corrected chi connectivity index (χ0v) is 12.7. The summed E-state index contributed by atoms with van der Waals surface area (Å²) in [5.74, 6) is 0. The van der Waals surface area contributed by atoms with Crippen LogP contribution in [-0.4, -0.2) is 47.4 Å². The van der Waals surface area contributed by atoms with Crippen LogP contribution >= 0.6 is 0 Å². The summed E-state index contributed by atoms with van der Waals surface area (Å²) in [7, 11) is 0. The SMILES string of the molecule is CCCCCC(C)N(O)C/C=C/CN(CC)CC. The molecule has 0 aliphatic heterocycles. The van der Waals surface area contributed by atoms with Crippen LogP contribution in [0.2, 0.25) is 0 Å². The van der Waals surface area contributed by atoms with E-state index in [1.165, 1.54) is 24.3 Å². The third kappa shape index (κ3) is 8.67. The van der Waals surface area contributed by atoms with Crippen molar-refractivity contribution in [2.45, 2.75) is 59.4 Å². The molecule has 0 aliphatic rings. The highest BCUT2D eigenvalue weighted by molar-refractivity contribution is 4.86. The Bertz CT molecular complexity index is 203. The van der Waals surface area contributed by atoms with Crippen LogP contribution in [0, 0.1) is 0 Å². The van der Waals surface area contributed by atoms with Crippen molar-refractivity contribution in [3.8, 4) is 0 Å². The zero-order chi connectivity index (χ0) is 13.8. The maximum absolute atomic E-state index is 9.87. The van der Waals surface area contributed by atoms with E-state index in [2.05, 4.69) is 44.7 Å². The van der Waals surface area contributed by atoms with Gasteiger partial charge in [0.05, 0.1) is 0 Å². The van der Waals surface area contributed by atoms with E-state index in [1.54, 1.807) is 0 Å². The molecule has 0 rings (SSSR count). The first-order valence-electron chi connectivity index (χ1n) is 7.48. The molecule has 0 saturated heterocycles. The predicted molar refractivity (Wildman–Crippen MR) is 79.0 cm³/mol. The second-order valence-electron chi connectivity index (χ2n) is 4.92. The van der Waals surface area contributed by atoms with Gasteiger partial charge in [0.15, 0.2) is 0 Å². The number of nitrogens with zero attached hydrogens (tertiary/aromatic N) is 2. The first-order valence-corrected chi connectivity index (χ1v) is 7.48. The molecule has 0 saturated carbocycles. The van der Waals surface area contributed by atoms with Crippen molar-refractivity contribution in [3.63, 3.8) is 0 Å². The molecule has 0 radical (unpaired) electrons. The maximum Gasteiger partial charge on any atom is 0.0422 e. The molecule has 0 aliphatic carbocycles. The number of hydroxylamine groups is 2. The zero-order valence-electron chi connectivity index (χ0n) is 12.7. The Kier molecular flexibility index (Phi) is 11.4. The van der Waals surface area contributed by atoms with Gasteiger partial charge in [0, 0.05) is 19.1 Å². The minimum atomic E-state index is 0.259. The van der Waals surface area contributed by atoms with Crippen LogP contribution in [-0.2, 0) is 0 Å². The van der Waals surface area contributed by atoms with E-state index < -0.39 is 0 Å². The Hall–Kier alpha value is -0.380. The molecule has 3 nitrogen and oxygen atoms in total. The molecular weight excluding hydrogens is 224 g/mol. The van der Waals surface area contributed by atoms with Crippen LogP contribution in [0.5, 0.6) is 0 Å². The minimum absolute atomic E-state index is 0.259. The lowest BCUT2D eigenvalue weighted by atomic mass is 10.1. The average molecular weight is 256 g/mol. The van der Waals surface area contributed by atoms with Gasteiger partial charge < -0.3 is 10.1 Å². The second kappa shape index (κ2) is 11.7. The number of likely N-dealkylation sites (N-methyl/N-ethyl adjacent to an activating group) is 1. The molecule has 0 bridgehead atoms. The monoisotopic (exact) mass is 256 g/mol. The van der Waals surface area contributed by atoms with Crippen molar-refractivity contribution in [3.05, 3.63) is 12.2 Å². The summed E-state index contributed by atoms with van der Waals surface area (Å²) in [6.07, 6.45) is 8.99. The fourth-order valence-electron chi connectivity index (χ4n) is 1.91. The van der Waals surface area contributed by atoms with Crippen LogP contribution in [0.15, 0.2) is 12.2 Å². The minimum Gasteiger partial charge on any atom is -0.313 e. The molecule has 0 aromatic heterocycles. The Morgan fingerprint density at radius 1 is 1.00 bits per heavy atom. The maximum atomic E-state index is 9.87. The smallest absolute Gasteiger partial charge is 0.0422 e. The molecule has 0 amide bonds. The molecule has 0 heterocycles. The van der Waals surface area contributed by atoms with E-state index in [-0.39, 0.29) is 6.04 Å². The Morgan fingerprint density at radius 2 is 1.61 bits per heavy atom. The molecule has 3 heteroatoms. The van der Waals surface area contributed by atoms with Crippen molar-refractivity contribution in [2.75, 3.05) is 26.2 Å². The summed E-state index contributed by atoms with van der Waals surface area (Å²) >= 11 is 0. The van der Waals surface area contributed by atoms with Gasteiger partial charge in [-0.2, -0.15) is 5.06 Å². The first kappa shape index (κ1) is 17.6. The van der Waals surface area contributed by atoms with Gasteiger partial charge in [0.25, 0.3) is 0 Å². The number of hydrogen-bond donors (Lipinski definition) is 1. The van der Waals surface area contributed by atoms with Crippen LogP contribution < -0.4 is 0 Å². The topological polar surface area (TPSA) is 26.7 Å². The molecule has 0 aromatic rings. The van der Waals surface area contributed by atoms with Crippen molar-refractivity contribution < 1.29 is 5.21 Å². The molecule has 0 spiro atoms. The van der Waals surface area contributed by atoms with Gasteiger partial charge in [-0.25, -0.2) is 0 Å². The van der Waals surface area contributed by atoms with Crippen LogP contribution in [0.3, 0.4) is 0 Å². The Labute approximate surface area is 113 Å². The van der Waals surface area contributed by atoms with Crippen LogP contribution in [0.1, 0.15) is 53.4 Å². The molecule has 18 heavy (non-hydrogen) atoms. The molecular formula is C15H32N2O. The van der Waals surface area contributed by atoms with Gasteiger partial charge in [-0.05, 0) is 26.4 Å². The lowest BCUT2D eigenvalue weighted by Crippen LogP contribution is -2.30. The summed E-state index contributed by atoms with van der Waals surface area (Å²) in [4.78, 5) is 2.35. The van der Waals surface area contributed by atoms with Crippen molar-refractivity contribution >= 4 is 0 Å². The van der Waals surface area contributed by atoms with E-state index in [9.17, 15) is 5.21 Å². The van der Waals surface area contributed by atoms with E-state index in [0.717, 1.165) is 26.1 Å². The summed E-state index contributed by atoms with van der Waals surface area (Å²) in [6, 6.07) is 0.259. The molecule has 0 fully saturated rings. The number of rotatable bonds is 11. The lowest BCUT2D eigenvalue weighted by molar-refractivity contribution is -0.114. The van der Waals surface area contributed by atoms with Gasteiger partial charge in [-0.1, -0.05) is 52.2 Å². The van der Waals surface area contributed by atoms with Crippen molar-refractivity contribution in [1.29, 1.82) is 0 Å². The highest BCUT2D eigenvalue weighted by Gasteiger charge is 2.08. The number of hydrogen-bond acceptors (Lipinski definition) is 3. The van der Waals surface area contributed by atoms with Gasteiger partial charge in [-0.3, -0.25) is 0 Å². The fourth-order valence-corrected chi connectivity index (χ4v) is 1.91. The molecule has 1 atom stereocenters. The largest absolute Gasteiger partial charge is 0.313 e. The Balaban J connectivity index is 3.73. The first-order chi connectivity index (χ1) is 8.65. The summed E-state index contributed by atoms with van der Waals surface area (Å²) in [6.45, 7) is 12.4. The molecule has 1 unspecified atom stereocenters. The predicted octanol–water partition coefficient (Wildman–Crippen LogP) is 3.54. The third-order valence-electron chi connectivity index (χ3n) is 3.45. The Morgan fingerprint density at radius 3 is 2.17 bits per heavy atom. The van der Waals surface area contributed by atoms with Crippen molar-refractivity contribution in [1.82, 2.24) is 9.96 Å². The molecule has 108 valence electrons. The summed E-state index contributed by atoms with van der Waals surface area (Å²) in [5.41, 5.74) is 0. The average Bonchev–Trinajstić information content (AvgIpc) is 2.38. The second-order valence-corrected chi connectivity index (χ2v) is 4.92. The standard InChI is InChI=1S/C15H32N2O/c1-5-8-9-12-15(4)17(18)14-11-10-13-16(6-2)7-3/h10-11,15,18H,5-9,12-14H2,1-4H3/b11-10+. The fraction of sp³-hybridized carbons (Fsp3) is 0.867. The quantitative estimate of drug-likeness (QED) is 0.348. The van der Waals surface area contributed by atoms with Gasteiger partial charge in [0.1, 0.15) is 0 Å². The van der Waals surface area contributed by atoms with Gasteiger partial charge in [0.2, 0.25) is 0 Å². The van der Waals surface area contributed by atoms with E-state index >= 15 is 0 Å². The van der Waals surface area contributed by atoms with Gasteiger partial charge in [-0.15, -0.1) is 0 Å². The van der Waals surface area contributed by atoms with Gasteiger partial charge >= 0.3 is 0 Å². The van der Waals surface area contributed by atoms with E-state index in [4.69, 9.17) is 0 Å². The van der Waals surface area contributed by atoms with E-state index in [0.29, 0.717) is 6.54 Å². The third-order valence-corrected chi connectivity index (χ3v) is 3.45. The number of unbranched alkanes of at least 4 members (excludes halogenated alkanes) is 2. The van der Waals surface area contributed by atoms with Crippen LogP contribution in [0.4, 0.5) is 0 Å².